The van der Waals surface area contributed by atoms with Gasteiger partial charge in [0, 0.05) is 41.5 Å². The molecule has 34 heavy (non-hydrogen) atoms. The van der Waals surface area contributed by atoms with Crippen molar-refractivity contribution in [2.24, 2.45) is 5.73 Å². The summed E-state index contributed by atoms with van der Waals surface area (Å²) in [6.07, 6.45) is 2.73. The third-order valence-corrected chi connectivity index (χ3v) is 6.11. The van der Waals surface area contributed by atoms with Crippen LogP contribution in [0.25, 0.3) is 21.7 Å². The Kier molecular flexibility index (Phi) is 5.59. The number of carbonyl (C=O) groups is 2. The number of nitrogens with one attached hydrogen (secondary N) is 1. The highest BCUT2D eigenvalue weighted by Gasteiger charge is 2.39. The fourth-order valence-electron chi connectivity index (χ4n) is 4.63. The summed E-state index contributed by atoms with van der Waals surface area (Å²) >= 11 is 0. The number of hydrogen-bond donors (Lipinski definition) is 2. The fraction of sp³-hybridized carbons (Fsp3) is 0.231. The van der Waals surface area contributed by atoms with Gasteiger partial charge in [-0.2, -0.15) is 5.06 Å². The number of rotatable bonds is 6. The zero-order valence-electron chi connectivity index (χ0n) is 19.1. The lowest BCUT2D eigenvalue weighted by molar-refractivity contribution is -0.144. The molecule has 0 saturated heterocycles. The van der Waals surface area contributed by atoms with Crippen molar-refractivity contribution in [1.82, 2.24) is 4.57 Å². The van der Waals surface area contributed by atoms with Gasteiger partial charge >= 0.3 is 5.97 Å². The number of fused-ring (bicyclic) bond motifs is 4. The second kappa shape index (κ2) is 8.72. The number of ether oxygens (including phenoxy) is 1. The van der Waals surface area contributed by atoms with Gasteiger partial charge in [0.25, 0.3) is 5.91 Å². The van der Waals surface area contributed by atoms with E-state index in [1.165, 1.54) is 12.0 Å². The van der Waals surface area contributed by atoms with Crippen LogP contribution in [-0.4, -0.2) is 30.1 Å². The number of benzene rings is 3. The second-order valence-corrected chi connectivity index (χ2v) is 8.29. The number of aromatic nitrogens is 1. The summed E-state index contributed by atoms with van der Waals surface area (Å²) in [4.78, 5) is 31.5. The Hall–Kier alpha value is -4.04. The molecule has 8 nitrogen and oxygen atoms in total. The maximum Gasteiger partial charge on any atom is 0.329 e. The molecule has 0 bridgehead atoms. The first-order valence-corrected chi connectivity index (χ1v) is 11.2. The molecule has 0 saturated carbocycles. The lowest BCUT2D eigenvalue weighted by atomic mass is 9.98. The summed E-state index contributed by atoms with van der Waals surface area (Å²) in [6, 6.07) is 16.4. The summed E-state index contributed by atoms with van der Waals surface area (Å²) in [7, 11) is 1.60. The zero-order valence-corrected chi connectivity index (χ0v) is 19.1. The third-order valence-electron chi connectivity index (χ3n) is 6.11. The number of hydrogen-bond acceptors (Lipinski definition) is 6. The van der Waals surface area contributed by atoms with E-state index in [0.29, 0.717) is 35.8 Å². The van der Waals surface area contributed by atoms with E-state index in [-0.39, 0.29) is 5.91 Å². The average Bonchev–Trinajstić information content (AvgIpc) is 3.19. The summed E-state index contributed by atoms with van der Waals surface area (Å²) in [5, 5.41) is 7.15. The van der Waals surface area contributed by atoms with Crippen LogP contribution in [0.1, 0.15) is 24.9 Å². The molecule has 3 aromatic carbocycles. The number of nitrogens with two attached hydrogens (primary N) is 1. The molecule has 2 heterocycles. The van der Waals surface area contributed by atoms with Crippen molar-refractivity contribution >= 4 is 44.9 Å². The van der Waals surface area contributed by atoms with E-state index >= 15 is 0 Å². The molecular weight excluding hydrogens is 432 g/mol. The quantitative estimate of drug-likeness (QED) is 0.451. The third kappa shape index (κ3) is 3.62. The van der Waals surface area contributed by atoms with Crippen LogP contribution in [0.3, 0.4) is 0 Å². The minimum atomic E-state index is -0.893. The van der Waals surface area contributed by atoms with Crippen LogP contribution in [-0.2, 0) is 21.0 Å². The van der Waals surface area contributed by atoms with Crippen LogP contribution in [0.2, 0.25) is 0 Å². The lowest BCUT2D eigenvalue weighted by Crippen LogP contribution is -2.42. The minimum Gasteiger partial charge on any atom is -0.497 e. The molecule has 4 aromatic rings. The maximum atomic E-state index is 13.5. The van der Waals surface area contributed by atoms with Crippen molar-refractivity contribution in [3.63, 3.8) is 0 Å². The Morgan fingerprint density at radius 1 is 1.12 bits per heavy atom. The van der Waals surface area contributed by atoms with Gasteiger partial charge in [-0.15, -0.1) is 0 Å². The van der Waals surface area contributed by atoms with Gasteiger partial charge in [-0.1, -0.05) is 30.3 Å². The van der Waals surface area contributed by atoms with Crippen LogP contribution in [0, 0.1) is 0 Å². The Labute approximate surface area is 196 Å². The number of anilines is 2. The molecule has 1 unspecified atom stereocenters. The molecule has 3 N–H and O–H groups in total. The average molecular weight is 459 g/mol. The Balaban J connectivity index is 1.75. The van der Waals surface area contributed by atoms with Crippen molar-refractivity contribution in [1.29, 1.82) is 0 Å². The molecule has 174 valence electrons. The highest BCUT2D eigenvalue weighted by atomic mass is 16.7. The van der Waals surface area contributed by atoms with E-state index in [0.717, 1.165) is 28.1 Å². The molecular formula is C26H26N4O4. The van der Waals surface area contributed by atoms with Gasteiger partial charge in [0.15, 0.2) is 6.04 Å². The van der Waals surface area contributed by atoms with Gasteiger partial charge in [0.05, 0.1) is 12.8 Å². The predicted molar refractivity (Wildman–Crippen MR) is 132 cm³/mol. The van der Waals surface area contributed by atoms with Gasteiger partial charge in [0.1, 0.15) is 11.4 Å². The van der Waals surface area contributed by atoms with E-state index in [1.807, 2.05) is 60.8 Å². The van der Waals surface area contributed by atoms with Crippen LogP contribution in [0.5, 0.6) is 5.75 Å². The molecule has 0 fully saturated rings. The first-order valence-electron chi connectivity index (χ1n) is 11.2. The predicted octanol–water partition coefficient (Wildman–Crippen LogP) is 4.13. The molecule has 5 rings (SSSR count). The van der Waals surface area contributed by atoms with Gasteiger partial charge in [-0.3, -0.25) is 9.59 Å². The molecule has 1 aliphatic heterocycles. The minimum absolute atomic E-state index is 0.287. The topological polar surface area (TPSA) is 98.8 Å². The van der Waals surface area contributed by atoms with E-state index in [4.69, 9.17) is 15.3 Å². The van der Waals surface area contributed by atoms with Crippen molar-refractivity contribution < 1.29 is 19.2 Å². The number of amides is 1. The first-order chi connectivity index (χ1) is 16.5. The monoisotopic (exact) mass is 458 g/mol. The van der Waals surface area contributed by atoms with Crippen molar-refractivity contribution in [3.8, 4) is 5.75 Å². The largest absolute Gasteiger partial charge is 0.497 e. The van der Waals surface area contributed by atoms with Crippen molar-refractivity contribution in [2.75, 3.05) is 24.0 Å². The Morgan fingerprint density at radius 3 is 2.71 bits per heavy atom. The van der Waals surface area contributed by atoms with Crippen LogP contribution < -0.4 is 20.9 Å². The van der Waals surface area contributed by atoms with Gasteiger partial charge in [-0.25, -0.2) is 0 Å². The second-order valence-electron chi connectivity index (χ2n) is 8.29. The van der Waals surface area contributed by atoms with Gasteiger partial charge in [-0.05, 0) is 42.6 Å². The SMILES string of the molecule is COc1ccc2c(c1)c(C1C(=O)Nc3ccc4ccccc4c3N1OC(C)=O)cn2CCCN. The van der Waals surface area contributed by atoms with E-state index in [1.54, 1.807) is 7.11 Å². The van der Waals surface area contributed by atoms with E-state index in [2.05, 4.69) is 9.88 Å². The standard InChI is InChI=1S/C26H26N4O4/c1-16(31)34-30-24-19-7-4-3-6-17(19)8-10-22(24)28-26(32)25(30)21-15-29(13-5-12-27)23-11-9-18(33-2)14-20(21)23/h3-4,6-11,14-15,25H,5,12-13,27H2,1-2H3,(H,28,32). The summed E-state index contributed by atoms with van der Waals surface area (Å²) < 4.78 is 7.54. The zero-order chi connectivity index (χ0) is 23.8. The molecule has 0 spiro atoms. The van der Waals surface area contributed by atoms with Crippen molar-refractivity contribution in [3.05, 3.63) is 66.4 Å². The summed E-state index contributed by atoms with van der Waals surface area (Å²) in [6.45, 7) is 2.58. The molecule has 1 atom stereocenters. The molecule has 0 radical (unpaired) electrons. The smallest absolute Gasteiger partial charge is 0.329 e. The van der Waals surface area contributed by atoms with E-state index < -0.39 is 12.0 Å². The summed E-state index contributed by atoms with van der Waals surface area (Å²) in [5.74, 6) is -0.126. The van der Waals surface area contributed by atoms with Crippen molar-refractivity contribution in [2.45, 2.75) is 25.9 Å². The molecule has 8 heteroatoms. The number of hydroxylamine groups is 1. The van der Waals surface area contributed by atoms with E-state index in [9.17, 15) is 9.59 Å². The number of nitrogens with zero attached hydrogens (tertiary/aromatic N) is 2. The molecule has 1 aliphatic rings. The number of methoxy groups -OCH3 is 1. The van der Waals surface area contributed by atoms with Gasteiger partial charge < -0.3 is 25.2 Å². The number of carbonyl (C=O) groups excluding carboxylic acids is 2. The van der Waals surface area contributed by atoms with Crippen LogP contribution in [0.4, 0.5) is 11.4 Å². The first kappa shape index (κ1) is 21.8. The highest BCUT2D eigenvalue weighted by Crippen LogP contribution is 2.45. The molecule has 1 amide bonds. The summed E-state index contributed by atoms with van der Waals surface area (Å²) in [5.41, 5.74) is 8.65. The highest BCUT2D eigenvalue weighted by molar-refractivity contribution is 6.12. The normalized spacial score (nSPS) is 15.3. The lowest BCUT2D eigenvalue weighted by Gasteiger charge is -2.36. The molecule has 1 aromatic heterocycles. The molecule has 0 aliphatic carbocycles. The maximum absolute atomic E-state index is 13.5. The van der Waals surface area contributed by atoms with Crippen LogP contribution in [0.15, 0.2) is 60.8 Å². The Bertz CT molecular complexity index is 1410. The fourth-order valence-corrected chi connectivity index (χ4v) is 4.63. The van der Waals surface area contributed by atoms with Crippen LogP contribution >= 0.6 is 0 Å². The Morgan fingerprint density at radius 2 is 1.94 bits per heavy atom. The number of aryl methyl sites for hydroxylation is 1. The van der Waals surface area contributed by atoms with Gasteiger partial charge in [0.2, 0.25) is 0 Å².